The largest absolute Gasteiger partial charge is 0.328 e. The standard InChI is InChI=1S/C10H15FN2/c1-2-10(11,8-12)7-9-3-5-13-6-4-9/h3-6H,2,7-8,12H2,1H3. The second-order valence-electron chi connectivity index (χ2n) is 3.24. The Hall–Kier alpha value is -0.960. The Labute approximate surface area is 78.0 Å². The number of nitrogens with zero attached hydrogens (tertiary/aromatic N) is 1. The summed E-state index contributed by atoms with van der Waals surface area (Å²) in [7, 11) is 0. The van der Waals surface area contributed by atoms with Crippen LogP contribution in [0.25, 0.3) is 0 Å². The predicted octanol–water partition coefficient (Wildman–Crippen LogP) is 1.70. The van der Waals surface area contributed by atoms with E-state index in [0.29, 0.717) is 12.8 Å². The molecule has 1 unspecified atom stereocenters. The molecule has 2 nitrogen and oxygen atoms in total. The summed E-state index contributed by atoms with van der Waals surface area (Å²) >= 11 is 0. The van der Waals surface area contributed by atoms with E-state index in [0.717, 1.165) is 5.56 Å². The molecule has 0 saturated carbocycles. The fourth-order valence-electron chi connectivity index (χ4n) is 1.21. The van der Waals surface area contributed by atoms with Crippen LogP contribution in [0, 0.1) is 0 Å². The van der Waals surface area contributed by atoms with E-state index in [2.05, 4.69) is 4.98 Å². The molecule has 0 aliphatic rings. The van der Waals surface area contributed by atoms with Gasteiger partial charge in [-0.2, -0.15) is 0 Å². The molecule has 0 spiro atoms. The molecule has 0 fully saturated rings. The van der Waals surface area contributed by atoms with Gasteiger partial charge in [0.05, 0.1) is 0 Å². The third kappa shape index (κ3) is 2.77. The van der Waals surface area contributed by atoms with Gasteiger partial charge in [-0.15, -0.1) is 0 Å². The first-order valence-corrected chi connectivity index (χ1v) is 4.48. The molecule has 1 heterocycles. The van der Waals surface area contributed by atoms with E-state index < -0.39 is 5.67 Å². The molecule has 13 heavy (non-hydrogen) atoms. The van der Waals surface area contributed by atoms with Crippen LogP contribution in [0.1, 0.15) is 18.9 Å². The molecule has 0 amide bonds. The molecular formula is C10H15FN2. The van der Waals surface area contributed by atoms with Gasteiger partial charge in [0.1, 0.15) is 5.67 Å². The van der Waals surface area contributed by atoms with Gasteiger partial charge < -0.3 is 5.73 Å². The minimum Gasteiger partial charge on any atom is -0.328 e. The predicted molar refractivity (Wildman–Crippen MR) is 51.1 cm³/mol. The average Bonchev–Trinajstić information content (AvgIpc) is 2.19. The molecule has 1 rings (SSSR count). The number of rotatable bonds is 4. The molecule has 0 radical (unpaired) electrons. The van der Waals surface area contributed by atoms with Crippen molar-refractivity contribution >= 4 is 0 Å². The van der Waals surface area contributed by atoms with Crippen molar-refractivity contribution in [1.82, 2.24) is 4.98 Å². The highest BCUT2D eigenvalue weighted by Crippen LogP contribution is 2.20. The fraction of sp³-hybridized carbons (Fsp3) is 0.500. The Kier molecular flexibility index (Phi) is 3.37. The van der Waals surface area contributed by atoms with E-state index in [1.165, 1.54) is 0 Å². The molecule has 0 saturated heterocycles. The monoisotopic (exact) mass is 182 g/mol. The number of alkyl halides is 1. The zero-order valence-electron chi connectivity index (χ0n) is 7.83. The lowest BCUT2D eigenvalue weighted by Crippen LogP contribution is -2.34. The minimum atomic E-state index is -1.26. The smallest absolute Gasteiger partial charge is 0.126 e. The van der Waals surface area contributed by atoms with E-state index >= 15 is 0 Å². The van der Waals surface area contributed by atoms with Gasteiger partial charge in [0.15, 0.2) is 0 Å². The number of nitrogens with two attached hydrogens (primary N) is 1. The Morgan fingerprint density at radius 3 is 2.54 bits per heavy atom. The highest BCUT2D eigenvalue weighted by molar-refractivity contribution is 5.13. The van der Waals surface area contributed by atoms with E-state index in [4.69, 9.17) is 5.73 Å². The summed E-state index contributed by atoms with van der Waals surface area (Å²) in [6.07, 6.45) is 4.16. The van der Waals surface area contributed by atoms with Crippen molar-refractivity contribution in [3.63, 3.8) is 0 Å². The van der Waals surface area contributed by atoms with Crippen LogP contribution < -0.4 is 5.73 Å². The molecule has 1 aromatic heterocycles. The third-order valence-corrected chi connectivity index (χ3v) is 2.27. The highest BCUT2D eigenvalue weighted by atomic mass is 19.1. The molecule has 1 aromatic rings. The number of hydrogen-bond donors (Lipinski definition) is 1. The molecule has 3 heteroatoms. The maximum Gasteiger partial charge on any atom is 0.126 e. The maximum absolute atomic E-state index is 13.8. The molecule has 0 aliphatic heterocycles. The Morgan fingerprint density at radius 1 is 1.46 bits per heavy atom. The summed E-state index contributed by atoms with van der Waals surface area (Å²) in [6, 6.07) is 3.64. The van der Waals surface area contributed by atoms with E-state index in [1.54, 1.807) is 12.4 Å². The molecule has 0 aromatic carbocycles. The molecule has 0 aliphatic carbocycles. The van der Waals surface area contributed by atoms with Gasteiger partial charge in [-0.25, -0.2) is 4.39 Å². The van der Waals surface area contributed by atoms with Gasteiger partial charge in [-0.3, -0.25) is 4.98 Å². The van der Waals surface area contributed by atoms with Crippen molar-refractivity contribution in [2.45, 2.75) is 25.4 Å². The second-order valence-corrected chi connectivity index (χ2v) is 3.24. The zero-order chi connectivity index (χ0) is 9.73. The Balaban J connectivity index is 2.68. The van der Waals surface area contributed by atoms with Gasteiger partial charge in [0, 0.05) is 25.4 Å². The highest BCUT2D eigenvalue weighted by Gasteiger charge is 2.25. The number of pyridine rings is 1. The van der Waals surface area contributed by atoms with Crippen LogP contribution in [-0.2, 0) is 6.42 Å². The van der Waals surface area contributed by atoms with Crippen LogP contribution in [0.2, 0.25) is 0 Å². The third-order valence-electron chi connectivity index (χ3n) is 2.27. The van der Waals surface area contributed by atoms with Gasteiger partial charge in [-0.1, -0.05) is 6.92 Å². The van der Waals surface area contributed by atoms with Crippen LogP contribution >= 0.6 is 0 Å². The average molecular weight is 182 g/mol. The first-order valence-electron chi connectivity index (χ1n) is 4.48. The maximum atomic E-state index is 13.8. The van der Waals surface area contributed by atoms with Gasteiger partial charge >= 0.3 is 0 Å². The molecule has 0 bridgehead atoms. The quantitative estimate of drug-likeness (QED) is 0.769. The number of hydrogen-bond acceptors (Lipinski definition) is 2. The van der Waals surface area contributed by atoms with Crippen LogP contribution in [0.15, 0.2) is 24.5 Å². The van der Waals surface area contributed by atoms with Crippen molar-refractivity contribution in [1.29, 1.82) is 0 Å². The van der Waals surface area contributed by atoms with Crippen molar-refractivity contribution < 1.29 is 4.39 Å². The zero-order valence-corrected chi connectivity index (χ0v) is 7.83. The van der Waals surface area contributed by atoms with Crippen LogP contribution in [0.5, 0.6) is 0 Å². The van der Waals surface area contributed by atoms with Crippen molar-refractivity contribution in [3.05, 3.63) is 30.1 Å². The van der Waals surface area contributed by atoms with Crippen LogP contribution in [-0.4, -0.2) is 17.2 Å². The van der Waals surface area contributed by atoms with Crippen LogP contribution in [0.4, 0.5) is 4.39 Å². The van der Waals surface area contributed by atoms with Crippen molar-refractivity contribution in [2.24, 2.45) is 5.73 Å². The summed E-state index contributed by atoms with van der Waals surface area (Å²) in [5.74, 6) is 0. The van der Waals surface area contributed by atoms with Crippen molar-refractivity contribution in [2.75, 3.05) is 6.54 Å². The molecule has 1 atom stereocenters. The molecule has 72 valence electrons. The Morgan fingerprint density at radius 2 is 2.08 bits per heavy atom. The van der Waals surface area contributed by atoms with E-state index in [9.17, 15) is 4.39 Å². The normalized spacial score (nSPS) is 15.3. The summed E-state index contributed by atoms with van der Waals surface area (Å²) in [5.41, 5.74) is 5.06. The second kappa shape index (κ2) is 4.33. The summed E-state index contributed by atoms with van der Waals surface area (Å²) in [6.45, 7) is 1.89. The van der Waals surface area contributed by atoms with Gasteiger partial charge in [0.25, 0.3) is 0 Å². The molecule has 2 N–H and O–H groups in total. The number of halogens is 1. The Bertz CT molecular complexity index is 244. The SMILES string of the molecule is CCC(F)(CN)Cc1ccncc1. The fourth-order valence-corrected chi connectivity index (χ4v) is 1.21. The van der Waals surface area contributed by atoms with Crippen molar-refractivity contribution in [3.8, 4) is 0 Å². The van der Waals surface area contributed by atoms with Gasteiger partial charge in [-0.05, 0) is 24.1 Å². The first-order chi connectivity index (χ1) is 6.20. The number of aromatic nitrogens is 1. The molecular weight excluding hydrogens is 167 g/mol. The summed E-state index contributed by atoms with van der Waals surface area (Å²) in [5, 5.41) is 0. The lowest BCUT2D eigenvalue weighted by Gasteiger charge is -2.21. The van der Waals surface area contributed by atoms with E-state index in [-0.39, 0.29) is 6.54 Å². The topological polar surface area (TPSA) is 38.9 Å². The van der Waals surface area contributed by atoms with E-state index in [1.807, 2.05) is 19.1 Å². The lowest BCUT2D eigenvalue weighted by molar-refractivity contribution is 0.167. The first kappa shape index (κ1) is 10.1. The van der Waals surface area contributed by atoms with Gasteiger partial charge in [0.2, 0.25) is 0 Å². The minimum absolute atomic E-state index is 0.0752. The lowest BCUT2D eigenvalue weighted by atomic mass is 9.94. The summed E-state index contributed by atoms with van der Waals surface area (Å²) < 4.78 is 13.8. The van der Waals surface area contributed by atoms with Crippen LogP contribution in [0.3, 0.4) is 0 Å². The summed E-state index contributed by atoms with van der Waals surface area (Å²) in [4.78, 5) is 3.87.